The fourth-order valence-corrected chi connectivity index (χ4v) is 1.08. The van der Waals surface area contributed by atoms with Gasteiger partial charge in [0.15, 0.2) is 0 Å². The summed E-state index contributed by atoms with van der Waals surface area (Å²) in [4.78, 5) is 10.5. The molecule has 0 saturated heterocycles. The lowest BCUT2D eigenvalue weighted by Crippen LogP contribution is -2.39. The number of aliphatic carboxylic acids is 1. The van der Waals surface area contributed by atoms with Gasteiger partial charge in [-0.15, -0.1) is 0 Å². The lowest BCUT2D eigenvalue weighted by Gasteiger charge is -2.11. The molecule has 0 amide bonds. The van der Waals surface area contributed by atoms with Crippen molar-refractivity contribution in [2.45, 2.75) is 12.6 Å². The van der Waals surface area contributed by atoms with Gasteiger partial charge in [-0.3, -0.25) is 10.1 Å². The third kappa shape index (κ3) is 3.57. The number of carboxylic acids is 1. The van der Waals surface area contributed by atoms with Crippen LogP contribution in [0.5, 0.6) is 5.75 Å². The third-order valence-corrected chi connectivity index (χ3v) is 1.97. The summed E-state index contributed by atoms with van der Waals surface area (Å²) in [7, 11) is 0. The van der Waals surface area contributed by atoms with Crippen LogP contribution in [0, 0.1) is 0 Å². The number of rotatable bonds is 5. The fraction of sp³-hybridized carbons (Fsp3) is 0.300. The van der Waals surface area contributed by atoms with Gasteiger partial charge >= 0.3 is 5.97 Å². The van der Waals surface area contributed by atoms with E-state index in [2.05, 4.69) is 5.32 Å². The van der Waals surface area contributed by atoms with Crippen molar-refractivity contribution in [3.63, 3.8) is 0 Å². The van der Waals surface area contributed by atoms with Crippen LogP contribution in [-0.2, 0) is 11.3 Å². The Labute approximate surface area is 87.0 Å². The van der Waals surface area contributed by atoms with Crippen molar-refractivity contribution in [3.05, 3.63) is 29.8 Å². The maximum absolute atomic E-state index is 10.5. The zero-order valence-electron chi connectivity index (χ0n) is 8.05. The molecule has 15 heavy (non-hydrogen) atoms. The van der Waals surface area contributed by atoms with E-state index in [0.717, 1.165) is 5.56 Å². The van der Waals surface area contributed by atoms with E-state index < -0.39 is 18.6 Å². The molecule has 0 bridgehead atoms. The molecule has 0 heterocycles. The molecule has 0 aromatic heterocycles. The largest absolute Gasteiger partial charge is 0.508 e. The topological polar surface area (TPSA) is 89.8 Å². The van der Waals surface area contributed by atoms with Gasteiger partial charge < -0.3 is 15.3 Å². The van der Waals surface area contributed by atoms with Gasteiger partial charge in [-0.1, -0.05) is 12.1 Å². The number of nitrogens with one attached hydrogen (secondary N) is 1. The van der Waals surface area contributed by atoms with E-state index in [1.807, 2.05) is 0 Å². The second-order valence-electron chi connectivity index (χ2n) is 3.12. The van der Waals surface area contributed by atoms with E-state index in [0.29, 0.717) is 6.54 Å². The molecule has 4 N–H and O–H groups in total. The number of hydrogen-bond acceptors (Lipinski definition) is 4. The molecule has 1 aromatic rings. The van der Waals surface area contributed by atoms with E-state index in [-0.39, 0.29) is 5.75 Å². The molecular formula is C10H13NO4. The predicted molar refractivity (Wildman–Crippen MR) is 53.5 cm³/mol. The monoisotopic (exact) mass is 211 g/mol. The number of carboxylic acid groups (broad SMARTS) is 1. The Kier molecular flexibility index (Phi) is 4.08. The molecule has 1 rings (SSSR count). The normalized spacial score (nSPS) is 12.3. The van der Waals surface area contributed by atoms with Gasteiger partial charge in [0.05, 0.1) is 6.61 Å². The Hall–Kier alpha value is -1.59. The summed E-state index contributed by atoms with van der Waals surface area (Å²) in [5.74, 6) is -0.924. The van der Waals surface area contributed by atoms with Crippen molar-refractivity contribution in [2.24, 2.45) is 0 Å². The average Bonchev–Trinajstić information content (AvgIpc) is 2.21. The molecule has 0 radical (unpaired) electrons. The number of phenolic OH excluding ortho intramolecular Hbond substituents is 1. The van der Waals surface area contributed by atoms with Crippen LogP contribution in [0.1, 0.15) is 5.56 Å². The van der Waals surface area contributed by atoms with Crippen molar-refractivity contribution >= 4 is 5.97 Å². The summed E-state index contributed by atoms with van der Waals surface area (Å²) in [5.41, 5.74) is 0.840. The Bertz CT molecular complexity index is 323. The highest BCUT2D eigenvalue weighted by molar-refractivity contribution is 5.73. The van der Waals surface area contributed by atoms with Crippen molar-refractivity contribution in [1.29, 1.82) is 0 Å². The molecule has 5 heteroatoms. The smallest absolute Gasteiger partial charge is 0.323 e. The summed E-state index contributed by atoms with van der Waals surface area (Å²) in [6.45, 7) is -0.120. The van der Waals surface area contributed by atoms with Gasteiger partial charge in [-0.25, -0.2) is 0 Å². The highest BCUT2D eigenvalue weighted by Crippen LogP contribution is 2.09. The lowest BCUT2D eigenvalue weighted by atomic mass is 10.2. The zero-order valence-corrected chi connectivity index (χ0v) is 8.05. The van der Waals surface area contributed by atoms with Crippen LogP contribution in [0.4, 0.5) is 0 Å². The molecule has 0 aliphatic carbocycles. The zero-order chi connectivity index (χ0) is 11.3. The SMILES string of the molecule is O=C(O)[C@@H](CO)NCc1ccc(O)cc1. The Morgan fingerprint density at radius 1 is 1.33 bits per heavy atom. The van der Waals surface area contributed by atoms with E-state index >= 15 is 0 Å². The van der Waals surface area contributed by atoms with Crippen LogP contribution in [0.2, 0.25) is 0 Å². The van der Waals surface area contributed by atoms with Gasteiger partial charge in [0, 0.05) is 6.54 Å². The molecule has 0 saturated carbocycles. The summed E-state index contributed by atoms with van der Waals surface area (Å²) < 4.78 is 0. The third-order valence-electron chi connectivity index (χ3n) is 1.97. The quantitative estimate of drug-likeness (QED) is 0.547. The summed E-state index contributed by atoms with van der Waals surface area (Å²) in [5, 5.41) is 29.1. The van der Waals surface area contributed by atoms with Crippen molar-refractivity contribution in [3.8, 4) is 5.75 Å². The molecular weight excluding hydrogens is 198 g/mol. The number of benzene rings is 1. The van der Waals surface area contributed by atoms with Crippen LogP contribution in [0.25, 0.3) is 0 Å². The maximum Gasteiger partial charge on any atom is 0.323 e. The lowest BCUT2D eigenvalue weighted by molar-refractivity contribution is -0.140. The van der Waals surface area contributed by atoms with Crippen LogP contribution < -0.4 is 5.32 Å². The first kappa shape index (κ1) is 11.5. The minimum Gasteiger partial charge on any atom is -0.508 e. The maximum atomic E-state index is 10.5. The Morgan fingerprint density at radius 3 is 2.40 bits per heavy atom. The van der Waals surface area contributed by atoms with Crippen molar-refractivity contribution in [1.82, 2.24) is 5.32 Å². The summed E-state index contributed by atoms with van der Waals surface area (Å²) in [6.07, 6.45) is 0. The number of aromatic hydroxyl groups is 1. The Morgan fingerprint density at radius 2 is 1.93 bits per heavy atom. The minimum absolute atomic E-state index is 0.163. The second kappa shape index (κ2) is 5.33. The highest BCUT2D eigenvalue weighted by Gasteiger charge is 2.14. The van der Waals surface area contributed by atoms with Crippen LogP contribution >= 0.6 is 0 Å². The highest BCUT2D eigenvalue weighted by atomic mass is 16.4. The molecule has 0 aliphatic heterocycles. The molecule has 82 valence electrons. The van der Waals surface area contributed by atoms with Gasteiger partial charge in [0.2, 0.25) is 0 Å². The standard InChI is InChI=1S/C10H13NO4/c12-6-9(10(14)15)11-5-7-1-3-8(13)4-2-7/h1-4,9,11-13H,5-6H2,(H,14,15)/t9-/m1/s1. The molecule has 0 spiro atoms. The molecule has 1 atom stereocenters. The van der Waals surface area contributed by atoms with Crippen LogP contribution in [0.15, 0.2) is 24.3 Å². The second-order valence-corrected chi connectivity index (χ2v) is 3.12. The molecule has 0 aliphatic rings. The molecule has 0 unspecified atom stereocenters. The number of carbonyl (C=O) groups is 1. The number of phenols is 1. The Balaban J connectivity index is 2.49. The fourth-order valence-electron chi connectivity index (χ4n) is 1.08. The average molecular weight is 211 g/mol. The van der Waals surface area contributed by atoms with Gasteiger partial charge in [0.25, 0.3) is 0 Å². The number of aliphatic hydroxyl groups is 1. The predicted octanol–water partition coefficient (Wildman–Crippen LogP) is -0.0727. The van der Waals surface area contributed by atoms with Crippen LogP contribution in [-0.4, -0.2) is 33.9 Å². The molecule has 1 aromatic carbocycles. The first-order chi connectivity index (χ1) is 7.13. The number of hydrogen-bond donors (Lipinski definition) is 4. The van der Waals surface area contributed by atoms with E-state index in [1.165, 1.54) is 12.1 Å². The minimum atomic E-state index is -1.09. The van der Waals surface area contributed by atoms with Gasteiger partial charge in [0.1, 0.15) is 11.8 Å². The number of aliphatic hydroxyl groups excluding tert-OH is 1. The molecule has 5 nitrogen and oxygen atoms in total. The van der Waals surface area contributed by atoms with Crippen molar-refractivity contribution in [2.75, 3.05) is 6.61 Å². The van der Waals surface area contributed by atoms with Gasteiger partial charge in [-0.2, -0.15) is 0 Å². The molecule has 0 fully saturated rings. The van der Waals surface area contributed by atoms with E-state index in [1.54, 1.807) is 12.1 Å². The van der Waals surface area contributed by atoms with Crippen molar-refractivity contribution < 1.29 is 20.1 Å². The van der Waals surface area contributed by atoms with E-state index in [4.69, 9.17) is 15.3 Å². The van der Waals surface area contributed by atoms with Crippen LogP contribution in [0.3, 0.4) is 0 Å². The van der Waals surface area contributed by atoms with E-state index in [9.17, 15) is 4.79 Å². The summed E-state index contributed by atoms with van der Waals surface area (Å²) >= 11 is 0. The first-order valence-corrected chi connectivity index (χ1v) is 4.48. The summed E-state index contributed by atoms with van der Waals surface area (Å²) in [6, 6.07) is 5.44. The first-order valence-electron chi connectivity index (χ1n) is 4.48. The van der Waals surface area contributed by atoms with Gasteiger partial charge in [-0.05, 0) is 17.7 Å².